The summed E-state index contributed by atoms with van der Waals surface area (Å²) in [5, 5.41) is 4.20. The summed E-state index contributed by atoms with van der Waals surface area (Å²) in [6.45, 7) is 4.47. The van der Waals surface area contributed by atoms with E-state index in [-0.39, 0.29) is 0 Å². The van der Waals surface area contributed by atoms with E-state index in [1.165, 1.54) is 6.42 Å². The van der Waals surface area contributed by atoms with Crippen LogP contribution in [0.25, 0.3) is 0 Å². The summed E-state index contributed by atoms with van der Waals surface area (Å²) in [5.74, 6) is 2.41. The van der Waals surface area contributed by atoms with Gasteiger partial charge in [-0.15, -0.1) is 0 Å². The van der Waals surface area contributed by atoms with Crippen molar-refractivity contribution in [3.8, 4) is 0 Å². The second kappa shape index (κ2) is 2.51. The molecule has 1 aromatic heterocycles. The topological polar surface area (TPSA) is 43.8 Å². The molecule has 0 spiro atoms. The third-order valence-electron chi connectivity index (χ3n) is 2.88. The van der Waals surface area contributed by atoms with Gasteiger partial charge in [0, 0.05) is 0 Å². The van der Waals surface area contributed by atoms with Gasteiger partial charge in [-0.25, -0.2) is 4.68 Å². The highest BCUT2D eigenvalue weighted by molar-refractivity contribution is 5.27. The van der Waals surface area contributed by atoms with E-state index < -0.39 is 0 Å². The molecular weight excluding hydrogens is 150 g/mol. The van der Waals surface area contributed by atoms with Gasteiger partial charge in [0.25, 0.3) is 0 Å². The second-order valence-electron chi connectivity index (χ2n) is 3.82. The van der Waals surface area contributed by atoms with Crippen molar-refractivity contribution >= 4 is 5.82 Å². The van der Waals surface area contributed by atoms with Gasteiger partial charge in [0.1, 0.15) is 5.82 Å². The summed E-state index contributed by atoms with van der Waals surface area (Å²) in [7, 11) is 0. The zero-order valence-electron chi connectivity index (χ0n) is 7.57. The number of nitrogen functional groups attached to an aromatic ring is 1. The Morgan fingerprint density at radius 1 is 1.75 bits per heavy atom. The van der Waals surface area contributed by atoms with Crippen LogP contribution in [-0.4, -0.2) is 9.78 Å². The molecule has 1 aliphatic carbocycles. The highest BCUT2D eigenvalue weighted by Gasteiger charge is 2.38. The Hall–Kier alpha value is -0.990. The SMILES string of the molecule is CC1CC1C(C)n1nccc1N. The van der Waals surface area contributed by atoms with Gasteiger partial charge >= 0.3 is 0 Å². The molecule has 0 aliphatic heterocycles. The summed E-state index contributed by atoms with van der Waals surface area (Å²) < 4.78 is 1.92. The molecule has 0 radical (unpaired) electrons. The zero-order valence-corrected chi connectivity index (χ0v) is 7.57. The summed E-state index contributed by atoms with van der Waals surface area (Å²) in [5.41, 5.74) is 5.75. The zero-order chi connectivity index (χ0) is 8.72. The average molecular weight is 165 g/mol. The predicted molar refractivity (Wildman–Crippen MR) is 48.6 cm³/mol. The lowest BCUT2D eigenvalue weighted by molar-refractivity contribution is 0.429. The number of aromatic nitrogens is 2. The minimum Gasteiger partial charge on any atom is -0.384 e. The number of nitrogens with two attached hydrogens (primary N) is 1. The molecule has 3 heteroatoms. The molecule has 3 atom stereocenters. The van der Waals surface area contributed by atoms with Crippen LogP contribution < -0.4 is 5.73 Å². The van der Waals surface area contributed by atoms with E-state index in [1.807, 2.05) is 10.7 Å². The third-order valence-corrected chi connectivity index (χ3v) is 2.88. The van der Waals surface area contributed by atoms with Crippen LogP contribution in [0.3, 0.4) is 0 Å². The summed E-state index contributed by atoms with van der Waals surface area (Å²) in [4.78, 5) is 0. The van der Waals surface area contributed by atoms with Crippen molar-refractivity contribution in [1.82, 2.24) is 9.78 Å². The fourth-order valence-electron chi connectivity index (χ4n) is 1.87. The maximum Gasteiger partial charge on any atom is 0.121 e. The number of nitrogens with zero attached hydrogens (tertiary/aromatic N) is 2. The van der Waals surface area contributed by atoms with E-state index in [9.17, 15) is 0 Å². The van der Waals surface area contributed by atoms with Crippen LogP contribution in [0.15, 0.2) is 12.3 Å². The minimum absolute atomic E-state index is 0.468. The minimum atomic E-state index is 0.468. The summed E-state index contributed by atoms with van der Waals surface area (Å²) >= 11 is 0. The molecule has 0 bridgehead atoms. The summed E-state index contributed by atoms with van der Waals surface area (Å²) in [6, 6.07) is 2.32. The molecule has 1 saturated carbocycles. The molecule has 2 N–H and O–H groups in total. The quantitative estimate of drug-likeness (QED) is 0.724. The molecule has 1 fully saturated rings. The van der Waals surface area contributed by atoms with E-state index in [4.69, 9.17) is 5.73 Å². The van der Waals surface area contributed by atoms with Gasteiger partial charge in [-0.1, -0.05) is 6.92 Å². The van der Waals surface area contributed by atoms with Gasteiger partial charge in [0.15, 0.2) is 0 Å². The van der Waals surface area contributed by atoms with Crippen molar-refractivity contribution in [2.24, 2.45) is 11.8 Å². The van der Waals surface area contributed by atoms with Gasteiger partial charge in [0.2, 0.25) is 0 Å². The lowest BCUT2D eigenvalue weighted by Crippen LogP contribution is -2.12. The molecule has 3 unspecified atom stereocenters. The monoisotopic (exact) mass is 165 g/mol. The fourth-order valence-corrected chi connectivity index (χ4v) is 1.87. The van der Waals surface area contributed by atoms with E-state index in [0.717, 1.165) is 17.7 Å². The normalized spacial score (nSPS) is 30.2. The molecule has 66 valence electrons. The Morgan fingerprint density at radius 2 is 2.42 bits per heavy atom. The van der Waals surface area contributed by atoms with Gasteiger partial charge in [-0.2, -0.15) is 5.10 Å². The first-order valence-corrected chi connectivity index (χ1v) is 4.49. The van der Waals surface area contributed by atoms with Crippen LogP contribution in [0.5, 0.6) is 0 Å². The molecular formula is C9H15N3. The lowest BCUT2D eigenvalue weighted by atomic mass is 10.2. The van der Waals surface area contributed by atoms with Crippen molar-refractivity contribution in [2.75, 3.05) is 5.73 Å². The maximum absolute atomic E-state index is 5.75. The van der Waals surface area contributed by atoms with Crippen molar-refractivity contribution in [2.45, 2.75) is 26.3 Å². The highest BCUT2D eigenvalue weighted by atomic mass is 15.3. The van der Waals surface area contributed by atoms with E-state index in [2.05, 4.69) is 18.9 Å². The van der Waals surface area contributed by atoms with Crippen LogP contribution in [0.2, 0.25) is 0 Å². The summed E-state index contributed by atoms with van der Waals surface area (Å²) in [6.07, 6.45) is 3.08. The van der Waals surface area contributed by atoms with E-state index in [1.54, 1.807) is 6.20 Å². The largest absolute Gasteiger partial charge is 0.384 e. The molecule has 1 aliphatic rings. The Labute approximate surface area is 72.6 Å². The molecule has 0 aromatic carbocycles. The third kappa shape index (κ3) is 1.09. The Kier molecular flexibility index (Phi) is 1.60. The maximum atomic E-state index is 5.75. The molecule has 3 nitrogen and oxygen atoms in total. The Bertz CT molecular complexity index is 279. The molecule has 1 aromatic rings. The van der Waals surface area contributed by atoms with Gasteiger partial charge in [-0.3, -0.25) is 0 Å². The van der Waals surface area contributed by atoms with Crippen molar-refractivity contribution in [1.29, 1.82) is 0 Å². The second-order valence-corrected chi connectivity index (χ2v) is 3.82. The molecule has 2 rings (SSSR count). The lowest BCUT2D eigenvalue weighted by Gasteiger charge is -2.12. The Morgan fingerprint density at radius 3 is 2.83 bits per heavy atom. The van der Waals surface area contributed by atoms with Crippen LogP contribution >= 0.6 is 0 Å². The standard InChI is InChI=1S/C9H15N3/c1-6-5-8(6)7(2)12-9(10)3-4-11-12/h3-4,6-8H,5,10H2,1-2H3. The van der Waals surface area contributed by atoms with E-state index >= 15 is 0 Å². The Balaban J connectivity index is 2.14. The first kappa shape index (κ1) is 7.65. The molecule has 0 saturated heterocycles. The van der Waals surface area contributed by atoms with Crippen molar-refractivity contribution in [3.05, 3.63) is 12.3 Å². The number of rotatable bonds is 2. The molecule has 12 heavy (non-hydrogen) atoms. The van der Waals surface area contributed by atoms with E-state index in [0.29, 0.717) is 6.04 Å². The van der Waals surface area contributed by atoms with Crippen LogP contribution in [0.4, 0.5) is 5.82 Å². The average Bonchev–Trinajstić information content (AvgIpc) is 2.59. The number of hydrogen-bond donors (Lipinski definition) is 1. The number of anilines is 1. The fraction of sp³-hybridized carbons (Fsp3) is 0.667. The van der Waals surface area contributed by atoms with Crippen molar-refractivity contribution < 1.29 is 0 Å². The van der Waals surface area contributed by atoms with Gasteiger partial charge < -0.3 is 5.73 Å². The van der Waals surface area contributed by atoms with Crippen molar-refractivity contribution in [3.63, 3.8) is 0 Å². The highest BCUT2D eigenvalue weighted by Crippen LogP contribution is 2.46. The smallest absolute Gasteiger partial charge is 0.121 e. The van der Waals surface area contributed by atoms with Crippen LogP contribution in [0.1, 0.15) is 26.3 Å². The van der Waals surface area contributed by atoms with Gasteiger partial charge in [0.05, 0.1) is 12.2 Å². The first-order valence-electron chi connectivity index (χ1n) is 4.49. The predicted octanol–water partition coefficient (Wildman–Crippen LogP) is 1.68. The van der Waals surface area contributed by atoms with Gasteiger partial charge in [-0.05, 0) is 31.2 Å². The number of hydrogen-bond acceptors (Lipinski definition) is 2. The first-order chi connectivity index (χ1) is 5.70. The molecule has 1 heterocycles. The van der Waals surface area contributed by atoms with Crippen LogP contribution in [-0.2, 0) is 0 Å². The molecule has 0 amide bonds. The van der Waals surface area contributed by atoms with Crippen LogP contribution in [0, 0.1) is 11.8 Å².